The van der Waals surface area contributed by atoms with Crippen molar-refractivity contribution in [1.29, 1.82) is 0 Å². The number of ether oxygens (including phenoxy) is 1. The summed E-state index contributed by atoms with van der Waals surface area (Å²) in [6.07, 6.45) is -5.37. The van der Waals surface area contributed by atoms with Crippen LogP contribution < -0.4 is 10.6 Å². The summed E-state index contributed by atoms with van der Waals surface area (Å²) in [5.74, 6) is -1.30. The molecule has 0 saturated heterocycles. The van der Waals surface area contributed by atoms with E-state index < -0.39 is 36.7 Å². The molecule has 0 radical (unpaired) electrons. The molecule has 0 aromatic heterocycles. The molecule has 0 aliphatic heterocycles. The summed E-state index contributed by atoms with van der Waals surface area (Å²) in [5.41, 5.74) is 0.755. The first-order valence-corrected chi connectivity index (χ1v) is 7.00. The molecule has 0 fully saturated rings. The van der Waals surface area contributed by atoms with Gasteiger partial charge in [-0.25, -0.2) is 4.79 Å². The number of alkyl carbamates (subject to hydrolysis) is 1. The van der Waals surface area contributed by atoms with Crippen molar-refractivity contribution in [3.05, 3.63) is 35.9 Å². The molecule has 1 atom stereocenters. The second kappa shape index (κ2) is 8.40. The van der Waals surface area contributed by atoms with Crippen LogP contribution in [-0.2, 0) is 16.1 Å². The van der Waals surface area contributed by atoms with Crippen LogP contribution in [0.15, 0.2) is 30.3 Å². The first-order valence-electron chi connectivity index (χ1n) is 7.00. The van der Waals surface area contributed by atoms with E-state index in [1.165, 1.54) is 0 Å². The van der Waals surface area contributed by atoms with E-state index in [4.69, 9.17) is 4.74 Å². The van der Waals surface area contributed by atoms with Crippen LogP contribution in [0.25, 0.3) is 0 Å². The molecule has 0 spiro atoms. The van der Waals surface area contributed by atoms with Gasteiger partial charge in [-0.3, -0.25) is 4.79 Å². The number of hydrogen-bond donors (Lipinski definition) is 2. The summed E-state index contributed by atoms with van der Waals surface area (Å²) in [6.45, 7) is 1.77. The Morgan fingerprint density at radius 1 is 1.17 bits per heavy atom. The van der Waals surface area contributed by atoms with Crippen molar-refractivity contribution < 1.29 is 27.5 Å². The normalized spacial score (nSPS) is 12.6. The Labute approximate surface area is 132 Å². The molecule has 0 unspecified atom stereocenters. The van der Waals surface area contributed by atoms with Gasteiger partial charge in [0.15, 0.2) is 0 Å². The molecule has 2 N–H and O–H groups in total. The van der Waals surface area contributed by atoms with Crippen LogP contribution in [0, 0.1) is 5.92 Å². The largest absolute Gasteiger partial charge is 0.445 e. The van der Waals surface area contributed by atoms with Crippen molar-refractivity contribution in [2.24, 2.45) is 5.92 Å². The fraction of sp³-hybridized carbons (Fsp3) is 0.467. The molecule has 2 amide bonds. The predicted octanol–water partition coefficient (Wildman–Crippen LogP) is 2.62. The van der Waals surface area contributed by atoms with Crippen LogP contribution in [0.4, 0.5) is 18.0 Å². The molecule has 1 aromatic rings. The highest BCUT2D eigenvalue weighted by Gasteiger charge is 2.31. The number of carbonyl (C=O) groups excluding carboxylic acids is 2. The number of hydrogen-bond acceptors (Lipinski definition) is 3. The minimum Gasteiger partial charge on any atom is -0.445 e. The van der Waals surface area contributed by atoms with Gasteiger partial charge < -0.3 is 15.4 Å². The molecule has 1 rings (SSSR count). The Bertz CT molecular complexity index is 518. The maximum Gasteiger partial charge on any atom is 0.408 e. The molecule has 0 heterocycles. The van der Waals surface area contributed by atoms with Crippen LogP contribution in [-0.4, -0.2) is 30.8 Å². The third-order valence-corrected chi connectivity index (χ3v) is 2.90. The Hall–Kier alpha value is -2.25. The lowest BCUT2D eigenvalue weighted by Crippen LogP contribution is -2.51. The molecule has 0 bridgehead atoms. The van der Waals surface area contributed by atoms with Crippen molar-refractivity contribution in [3.8, 4) is 0 Å². The third kappa shape index (κ3) is 7.53. The zero-order chi connectivity index (χ0) is 17.5. The van der Waals surface area contributed by atoms with E-state index in [9.17, 15) is 22.8 Å². The minimum atomic E-state index is -4.51. The van der Waals surface area contributed by atoms with Gasteiger partial charge in [0.1, 0.15) is 19.2 Å². The van der Waals surface area contributed by atoms with Crippen LogP contribution in [0.5, 0.6) is 0 Å². The molecule has 23 heavy (non-hydrogen) atoms. The first kappa shape index (κ1) is 18.8. The third-order valence-electron chi connectivity index (χ3n) is 2.90. The summed E-state index contributed by atoms with van der Waals surface area (Å²) in [6, 6.07) is 7.76. The van der Waals surface area contributed by atoms with Gasteiger partial charge in [-0.15, -0.1) is 0 Å². The average Bonchev–Trinajstić information content (AvgIpc) is 2.48. The van der Waals surface area contributed by atoms with Crippen LogP contribution >= 0.6 is 0 Å². The van der Waals surface area contributed by atoms with E-state index in [0.29, 0.717) is 0 Å². The molecular formula is C15H19F3N2O3. The van der Waals surface area contributed by atoms with Crippen molar-refractivity contribution in [2.45, 2.75) is 32.7 Å². The maximum atomic E-state index is 12.1. The van der Waals surface area contributed by atoms with Gasteiger partial charge in [0, 0.05) is 0 Å². The number of alkyl halides is 3. The zero-order valence-corrected chi connectivity index (χ0v) is 12.8. The second-order valence-corrected chi connectivity index (χ2v) is 5.26. The van der Waals surface area contributed by atoms with Crippen molar-refractivity contribution >= 4 is 12.0 Å². The average molecular weight is 332 g/mol. The Morgan fingerprint density at radius 2 is 1.78 bits per heavy atom. The summed E-state index contributed by atoms with van der Waals surface area (Å²) < 4.78 is 41.3. The highest BCUT2D eigenvalue weighted by molar-refractivity contribution is 5.85. The Kier molecular flexibility index (Phi) is 6.87. The molecule has 8 heteroatoms. The fourth-order valence-electron chi connectivity index (χ4n) is 1.72. The number of amides is 2. The number of benzene rings is 1. The lowest BCUT2D eigenvalue weighted by Gasteiger charge is -2.21. The van der Waals surface area contributed by atoms with Gasteiger partial charge in [-0.05, 0) is 11.5 Å². The number of rotatable bonds is 6. The molecule has 0 aliphatic rings. The van der Waals surface area contributed by atoms with E-state index >= 15 is 0 Å². The van der Waals surface area contributed by atoms with Crippen molar-refractivity contribution in [3.63, 3.8) is 0 Å². The first-order chi connectivity index (χ1) is 10.7. The lowest BCUT2D eigenvalue weighted by molar-refractivity contribution is -0.140. The molecule has 0 saturated carbocycles. The standard InChI is InChI=1S/C15H19F3N2O3/c1-10(2)12(13(21)19-9-15(16,17)18)20-14(22)23-8-11-6-4-3-5-7-11/h3-7,10,12H,8-9H2,1-2H3,(H,19,21)(H,20,22)/t12-/m0/s1. The lowest BCUT2D eigenvalue weighted by atomic mass is 10.0. The maximum absolute atomic E-state index is 12.1. The van der Waals surface area contributed by atoms with Gasteiger partial charge in [0.2, 0.25) is 5.91 Å². The predicted molar refractivity (Wildman–Crippen MR) is 77.5 cm³/mol. The second-order valence-electron chi connectivity index (χ2n) is 5.26. The van der Waals surface area contributed by atoms with Gasteiger partial charge in [0.25, 0.3) is 0 Å². The number of halogens is 3. The summed E-state index contributed by atoms with van der Waals surface area (Å²) in [5, 5.41) is 4.03. The van der Waals surface area contributed by atoms with Gasteiger partial charge >= 0.3 is 12.3 Å². The topological polar surface area (TPSA) is 67.4 Å². The monoisotopic (exact) mass is 332 g/mol. The highest BCUT2D eigenvalue weighted by atomic mass is 19.4. The van der Waals surface area contributed by atoms with E-state index in [2.05, 4.69) is 5.32 Å². The van der Waals surface area contributed by atoms with E-state index in [1.54, 1.807) is 43.4 Å². The van der Waals surface area contributed by atoms with Crippen LogP contribution in [0.3, 0.4) is 0 Å². The summed E-state index contributed by atoms with van der Waals surface area (Å²) in [4.78, 5) is 23.5. The molecule has 1 aromatic carbocycles. The van der Waals surface area contributed by atoms with Gasteiger partial charge in [-0.2, -0.15) is 13.2 Å². The SMILES string of the molecule is CC(C)[C@H](NC(=O)OCc1ccccc1)C(=O)NCC(F)(F)F. The molecule has 128 valence electrons. The minimum absolute atomic E-state index is 0.00165. The van der Waals surface area contributed by atoms with E-state index in [-0.39, 0.29) is 6.61 Å². The van der Waals surface area contributed by atoms with E-state index in [1.807, 2.05) is 6.07 Å². The smallest absolute Gasteiger partial charge is 0.408 e. The quantitative estimate of drug-likeness (QED) is 0.841. The molecule has 5 nitrogen and oxygen atoms in total. The Morgan fingerprint density at radius 3 is 2.30 bits per heavy atom. The Balaban J connectivity index is 2.51. The van der Waals surface area contributed by atoms with Crippen molar-refractivity contribution in [1.82, 2.24) is 10.6 Å². The molecular weight excluding hydrogens is 313 g/mol. The highest BCUT2D eigenvalue weighted by Crippen LogP contribution is 2.13. The summed E-state index contributed by atoms with van der Waals surface area (Å²) in [7, 11) is 0. The number of nitrogens with one attached hydrogen (secondary N) is 2. The van der Waals surface area contributed by atoms with Gasteiger partial charge in [0.05, 0.1) is 0 Å². The number of carbonyl (C=O) groups is 2. The molecule has 0 aliphatic carbocycles. The van der Waals surface area contributed by atoms with Crippen LogP contribution in [0.1, 0.15) is 19.4 Å². The zero-order valence-electron chi connectivity index (χ0n) is 12.8. The fourth-order valence-corrected chi connectivity index (χ4v) is 1.72. The van der Waals surface area contributed by atoms with E-state index in [0.717, 1.165) is 5.56 Å². The van der Waals surface area contributed by atoms with Crippen molar-refractivity contribution in [2.75, 3.05) is 6.54 Å². The van der Waals surface area contributed by atoms with Gasteiger partial charge in [-0.1, -0.05) is 44.2 Å². The summed E-state index contributed by atoms with van der Waals surface area (Å²) >= 11 is 0. The van der Waals surface area contributed by atoms with Crippen LogP contribution in [0.2, 0.25) is 0 Å².